The molecule has 0 aliphatic heterocycles. The number of aromatic hydroxyl groups is 1. The van der Waals surface area contributed by atoms with Crippen molar-refractivity contribution in [1.29, 1.82) is 0 Å². The van der Waals surface area contributed by atoms with Crippen LogP contribution in [0.15, 0.2) is 59.7 Å². The second-order valence-electron chi connectivity index (χ2n) is 6.05. The van der Waals surface area contributed by atoms with Crippen molar-refractivity contribution in [2.75, 3.05) is 0 Å². The average molecular weight is 667 g/mol. The van der Waals surface area contributed by atoms with Crippen LogP contribution in [0.4, 0.5) is 0 Å². The van der Waals surface area contributed by atoms with Crippen molar-refractivity contribution < 1.29 is 14.6 Å². The van der Waals surface area contributed by atoms with Crippen molar-refractivity contribution in [1.82, 2.24) is 5.43 Å². The molecular weight excluding hydrogens is 653 g/mol. The Bertz CT molecular complexity index is 1100. The molecule has 154 valence electrons. The lowest BCUT2D eigenvalue weighted by atomic mass is 10.2. The highest BCUT2D eigenvalue weighted by molar-refractivity contribution is 14.1. The summed E-state index contributed by atoms with van der Waals surface area (Å²) in [5.41, 5.74) is 4.19. The lowest BCUT2D eigenvalue weighted by Gasteiger charge is -2.12. The minimum Gasteiger partial charge on any atom is -0.507 e. The molecule has 2 N–H and O–H groups in total. The van der Waals surface area contributed by atoms with Crippen molar-refractivity contribution in [2.45, 2.75) is 6.61 Å². The molecule has 0 unspecified atom stereocenters. The molecule has 0 aliphatic rings. The number of ether oxygens (including phenoxy) is 1. The average Bonchev–Trinajstić information content (AvgIpc) is 2.69. The van der Waals surface area contributed by atoms with Gasteiger partial charge in [0, 0.05) is 15.6 Å². The fourth-order valence-corrected chi connectivity index (χ4v) is 5.06. The number of hydrogen-bond acceptors (Lipinski definition) is 4. The maximum Gasteiger partial charge on any atom is 0.275 e. The fraction of sp³-hybridized carbons (Fsp3) is 0.0476. The molecule has 9 heteroatoms. The first-order valence-electron chi connectivity index (χ1n) is 8.52. The predicted octanol–water partition coefficient (Wildman–Crippen LogP) is 6.25. The molecule has 30 heavy (non-hydrogen) atoms. The van der Waals surface area contributed by atoms with Gasteiger partial charge in [-0.3, -0.25) is 4.79 Å². The third kappa shape index (κ3) is 5.99. The molecule has 3 rings (SSSR count). The minimum atomic E-state index is -0.492. The van der Waals surface area contributed by atoms with Gasteiger partial charge in [-0.1, -0.05) is 41.4 Å². The van der Waals surface area contributed by atoms with E-state index in [0.29, 0.717) is 16.7 Å². The molecule has 0 atom stereocenters. The summed E-state index contributed by atoms with van der Waals surface area (Å²) in [6, 6.07) is 15.3. The van der Waals surface area contributed by atoms with Crippen molar-refractivity contribution in [3.63, 3.8) is 0 Å². The van der Waals surface area contributed by atoms with E-state index in [-0.39, 0.29) is 11.3 Å². The molecule has 0 aromatic heterocycles. The van der Waals surface area contributed by atoms with Gasteiger partial charge in [0.1, 0.15) is 18.1 Å². The Morgan fingerprint density at radius 1 is 1.10 bits per heavy atom. The topological polar surface area (TPSA) is 70.9 Å². The lowest BCUT2D eigenvalue weighted by molar-refractivity contribution is 0.0952. The van der Waals surface area contributed by atoms with Crippen LogP contribution in [-0.4, -0.2) is 17.2 Å². The predicted molar refractivity (Wildman–Crippen MR) is 136 cm³/mol. The highest BCUT2D eigenvalue weighted by Crippen LogP contribution is 2.30. The largest absolute Gasteiger partial charge is 0.507 e. The third-order valence-corrected chi connectivity index (χ3v) is 6.13. The molecule has 3 aromatic carbocycles. The molecule has 0 fully saturated rings. The molecule has 0 spiro atoms. The highest BCUT2D eigenvalue weighted by atomic mass is 127. The number of hydrazone groups is 1. The summed E-state index contributed by atoms with van der Waals surface area (Å²) in [4.78, 5) is 12.1. The van der Waals surface area contributed by atoms with E-state index in [1.807, 2.05) is 18.2 Å². The van der Waals surface area contributed by atoms with E-state index in [1.54, 1.807) is 24.3 Å². The Labute approximate surface area is 210 Å². The quantitative estimate of drug-likeness (QED) is 0.186. The van der Waals surface area contributed by atoms with Crippen molar-refractivity contribution in [3.05, 3.63) is 88.5 Å². The molecule has 0 saturated carbocycles. The highest BCUT2D eigenvalue weighted by Gasteiger charge is 2.11. The number of phenols is 1. The van der Waals surface area contributed by atoms with Crippen LogP contribution in [0.3, 0.4) is 0 Å². The number of benzene rings is 3. The van der Waals surface area contributed by atoms with Crippen LogP contribution in [-0.2, 0) is 6.61 Å². The molecule has 3 aromatic rings. The second-order valence-corrected chi connectivity index (χ2v) is 9.22. The monoisotopic (exact) mass is 666 g/mol. The van der Waals surface area contributed by atoms with Gasteiger partial charge in [-0.15, -0.1) is 0 Å². The van der Waals surface area contributed by atoms with Crippen LogP contribution < -0.4 is 10.2 Å². The molecular formula is C21H14Cl2I2N2O3. The van der Waals surface area contributed by atoms with E-state index < -0.39 is 5.91 Å². The molecule has 5 nitrogen and oxygen atoms in total. The SMILES string of the molecule is O=C(N/N=C\c1cc(I)c(OCc2ccc(Cl)cc2Cl)c(I)c1)c1ccccc1O. The fourth-order valence-electron chi connectivity index (χ4n) is 2.47. The Balaban J connectivity index is 1.67. The number of carbonyl (C=O) groups is 1. The Morgan fingerprint density at radius 2 is 1.80 bits per heavy atom. The van der Waals surface area contributed by atoms with Gasteiger partial charge in [-0.05, 0) is 87.1 Å². The van der Waals surface area contributed by atoms with Crippen molar-refractivity contribution in [3.8, 4) is 11.5 Å². The van der Waals surface area contributed by atoms with E-state index in [1.165, 1.54) is 18.3 Å². The number of carbonyl (C=O) groups excluding carboxylic acids is 1. The van der Waals surface area contributed by atoms with E-state index in [4.69, 9.17) is 27.9 Å². The molecule has 0 heterocycles. The summed E-state index contributed by atoms with van der Waals surface area (Å²) in [7, 11) is 0. The summed E-state index contributed by atoms with van der Waals surface area (Å²) >= 11 is 16.5. The molecule has 0 aliphatic carbocycles. The molecule has 1 amide bonds. The zero-order valence-corrected chi connectivity index (χ0v) is 21.0. The standard InChI is InChI=1S/C21H14Cl2I2N2O3/c22-14-6-5-13(16(23)9-14)11-30-20-17(24)7-12(8-18(20)25)10-26-27-21(29)15-3-1-2-4-19(15)28/h1-10,28H,11H2,(H,27,29)/b26-10-. The Morgan fingerprint density at radius 3 is 2.47 bits per heavy atom. The number of phenolic OH excluding ortho intramolecular Hbond substituents is 1. The zero-order valence-electron chi connectivity index (χ0n) is 15.2. The van der Waals surface area contributed by atoms with E-state index in [9.17, 15) is 9.90 Å². The number of hydrogen-bond donors (Lipinski definition) is 2. The van der Waals surface area contributed by atoms with Gasteiger partial charge in [0.25, 0.3) is 5.91 Å². The number of rotatable bonds is 6. The van der Waals surface area contributed by atoms with Gasteiger partial charge >= 0.3 is 0 Å². The van der Waals surface area contributed by atoms with E-state index in [0.717, 1.165) is 24.0 Å². The number of nitrogens with zero attached hydrogens (tertiary/aromatic N) is 1. The molecule has 0 saturated heterocycles. The van der Waals surface area contributed by atoms with Crippen LogP contribution in [0.1, 0.15) is 21.5 Å². The summed E-state index contributed by atoms with van der Waals surface area (Å²) in [6.45, 7) is 0.312. The summed E-state index contributed by atoms with van der Waals surface area (Å²) in [5.74, 6) is 0.141. The van der Waals surface area contributed by atoms with Crippen LogP contribution in [0.5, 0.6) is 11.5 Å². The lowest BCUT2D eigenvalue weighted by Crippen LogP contribution is -2.17. The number of nitrogens with one attached hydrogen (secondary N) is 1. The maximum absolute atomic E-state index is 12.1. The van der Waals surface area contributed by atoms with Crippen molar-refractivity contribution in [2.24, 2.45) is 5.10 Å². The van der Waals surface area contributed by atoms with Gasteiger partial charge in [0.15, 0.2) is 0 Å². The van der Waals surface area contributed by atoms with Crippen LogP contribution in [0, 0.1) is 7.14 Å². The molecule has 0 bridgehead atoms. The first kappa shape index (κ1) is 23.1. The van der Waals surface area contributed by atoms with Crippen LogP contribution in [0.25, 0.3) is 0 Å². The number of para-hydroxylation sites is 1. The third-order valence-electron chi connectivity index (χ3n) is 3.94. The van der Waals surface area contributed by atoms with Crippen LogP contribution in [0.2, 0.25) is 10.0 Å². The zero-order chi connectivity index (χ0) is 21.7. The number of amides is 1. The van der Waals surface area contributed by atoms with Gasteiger partial charge < -0.3 is 9.84 Å². The van der Waals surface area contributed by atoms with Crippen molar-refractivity contribution >= 4 is 80.5 Å². The normalized spacial score (nSPS) is 10.9. The number of halogens is 4. The van der Waals surface area contributed by atoms with Gasteiger partial charge in [-0.2, -0.15) is 5.10 Å². The first-order chi connectivity index (χ1) is 14.3. The maximum atomic E-state index is 12.1. The van der Waals surface area contributed by atoms with Gasteiger partial charge in [0.2, 0.25) is 0 Å². The first-order valence-corrected chi connectivity index (χ1v) is 11.4. The minimum absolute atomic E-state index is 0.100. The molecule has 0 radical (unpaired) electrons. The van der Waals surface area contributed by atoms with Gasteiger partial charge in [0.05, 0.1) is 18.9 Å². The summed E-state index contributed by atoms with van der Waals surface area (Å²) < 4.78 is 7.73. The summed E-state index contributed by atoms with van der Waals surface area (Å²) in [5, 5.41) is 14.8. The van der Waals surface area contributed by atoms with E-state index >= 15 is 0 Å². The Hall–Kier alpha value is -1.56. The second kappa shape index (κ2) is 10.7. The Kier molecular flexibility index (Phi) is 8.20. The van der Waals surface area contributed by atoms with E-state index in [2.05, 4.69) is 55.7 Å². The van der Waals surface area contributed by atoms with Gasteiger partial charge in [-0.25, -0.2) is 5.43 Å². The van der Waals surface area contributed by atoms with Crippen LogP contribution >= 0.6 is 68.4 Å². The summed E-state index contributed by atoms with van der Waals surface area (Å²) in [6.07, 6.45) is 1.53. The smallest absolute Gasteiger partial charge is 0.275 e.